The Morgan fingerprint density at radius 1 is 0.318 bits per heavy atom. The molecular formula is C78H114Br2N2O6. The number of nitrogens with zero attached hydrogens (tertiary/aromatic N) is 2. The Hall–Kier alpha value is -4.02. The van der Waals surface area contributed by atoms with E-state index in [1.807, 2.05) is 46.2 Å². The van der Waals surface area contributed by atoms with Crippen molar-refractivity contribution in [3.8, 4) is 11.5 Å². The fourth-order valence-corrected chi connectivity index (χ4v) is 15.3. The zero-order valence-electron chi connectivity index (χ0n) is 55.4. The minimum Gasteiger partial charge on any atom is -0.422 e. The summed E-state index contributed by atoms with van der Waals surface area (Å²) >= 11 is 7.39. The van der Waals surface area contributed by atoms with Gasteiger partial charge >= 0.3 is 11.9 Å². The van der Waals surface area contributed by atoms with Gasteiger partial charge in [-0.25, -0.2) is 9.59 Å². The molecule has 3 aromatic carbocycles. The molecule has 7 rings (SSSR count). The summed E-state index contributed by atoms with van der Waals surface area (Å²) in [6.45, 7) is 10.2. The van der Waals surface area contributed by atoms with Crippen molar-refractivity contribution in [3.63, 3.8) is 0 Å². The van der Waals surface area contributed by atoms with E-state index in [4.69, 9.17) is 9.47 Å². The molecule has 2 atom stereocenters. The molecule has 0 fully saturated rings. The maximum absolute atomic E-state index is 15.0. The smallest absolute Gasteiger partial charge is 0.345 e. The lowest BCUT2D eigenvalue weighted by Crippen LogP contribution is -2.28. The predicted molar refractivity (Wildman–Crippen MR) is 377 cm³/mol. The molecular weight excluding hydrogens is 1220 g/mol. The van der Waals surface area contributed by atoms with Crippen molar-refractivity contribution in [2.45, 2.75) is 310 Å². The molecule has 10 heteroatoms. The van der Waals surface area contributed by atoms with Crippen molar-refractivity contribution < 1.29 is 28.7 Å². The fourth-order valence-electron chi connectivity index (χ4n) is 14.6. The van der Waals surface area contributed by atoms with Gasteiger partial charge in [0.15, 0.2) is 0 Å². The first kappa shape index (κ1) is 71.4. The lowest BCUT2D eigenvalue weighted by atomic mass is 9.90. The minimum absolute atomic E-state index is 0.173. The van der Waals surface area contributed by atoms with Gasteiger partial charge in [-0.1, -0.05) is 329 Å². The summed E-state index contributed by atoms with van der Waals surface area (Å²) in [4.78, 5) is 62.3. The van der Waals surface area contributed by atoms with E-state index in [0.29, 0.717) is 58.3 Å². The van der Waals surface area contributed by atoms with Crippen molar-refractivity contribution >= 4 is 89.3 Å². The van der Waals surface area contributed by atoms with Crippen LogP contribution in [-0.4, -0.2) is 36.8 Å². The Morgan fingerprint density at radius 3 is 0.864 bits per heavy atom. The number of carbonyl (C=O) groups excluding carboxylic acids is 4. The van der Waals surface area contributed by atoms with E-state index in [2.05, 4.69) is 59.6 Å². The van der Waals surface area contributed by atoms with Crippen LogP contribution in [0.2, 0.25) is 0 Å². The lowest BCUT2D eigenvalue weighted by molar-refractivity contribution is -0.127. The van der Waals surface area contributed by atoms with Crippen molar-refractivity contribution in [2.24, 2.45) is 11.8 Å². The molecule has 0 saturated heterocycles. The molecule has 4 aliphatic heterocycles. The summed E-state index contributed by atoms with van der Waals surface area (Å²) in [5.41, 5.74) is 4.70. The monoisotopic (exact) mass is 1330 g/mol. The maximum atomic E-state index is 15.0. The fraction of sp³-hybridized carbons (Fsp3) is 0.667. The largest absolute Gasteiger partial charge is 0.422 e. The summed E-state index contributed by atoms with van der Waals surface area (Å²) in [7, 11) is 0. The second-order valence-electron chi connectivity index (χ2n) is 26.8. The second-order valence-corrected chi connectivity index (χ2v) is 28.7. The second kappa shape index (κ2) is 40.1. The van der Waals surface area contributed by atoms with Crippen LogP contribution in [0.1, 0.15) is 332 Å². The van der Waals surface area contributed by atoms with Crippen LogP contribution < -0.4 is 19.3 Å². The van der Waals surface area contributed by atoms with Crippen LogP contribution in [0.15, 0.2) is 57.5 Å². The summed E-state index contributed by atoms with van der Waals surface area (Å²) in [6, 6.07) is 15.0. The van der Waals surface area contributed by atoms with Crippen molar-refractivity contribution in [2.75, 3.05) is 22.9 Å². The van der Waals surface area contributed by atoms with Gasteiger partial charge in [-0.15, -0.1) is 0 Å². The predicted octanol–water partition coefficient (Wildman–Crippen LogP) is 24.0. The van der Waals surface area contributed by atoms with Gasteiger partial charge in [0, 0.05) is 44.3 Å². The molecule has 0 radical (unpaired) electrons. The third kappa shape index (κ3) is 21.5. The van der Waals surface area contributed by atoms with E-state index in [0.717, 1.165) is 46.0 Å². The van der Waals surface area contributed by atoms with Gasteiger partial charge in [-0.2, -0.15) is 0 Å². The Morgan fingerprint density at radius 2 is 0.580 bits per heavy atom. The SMILES string of the molecule is CCCCCCCCCCCCC(CCCCCCCCCC)CCCN1C(=O)C(=C2C(=O)Oc3cc4c(cc32)OC(=O)C4=C2C(=O)N(CCCC(CCCCCCCCCC)CCCCCCCCCCCC)c3cc(Br)ccc32)c2ccc(Br)cc21. The molecule has 3 aromatic rings. The highest BCUT2D eigenvalue weighted by molar-refractivity contribution is 9.10. The van der Waals surface area contributed by atoms with Crippen LogP contribution >= 0.6 is 31.9 Å². The van der Waals surface area contributed by atoms with Crippen LogP contribution in [-0.2, 0) is 19.2 Å². The first-order chi connectivity index (χ1) is 43.1. The molecule has 8 nitrogen and oxygen atoms in total. The normalized spacial score (nSPS) is 16.7. The third-order valence-corrected chi connectivity index (χ3v) is 20.7. The number of anilines is 2. The summed E-state index contributed by atoms with van der Waals surface area (Å²) in [5, 5.41) is 0. The molecule has 2 amide bonds. The molecule has 0 saturated carbocycles. The summed E-state index contributed by atoms with van der Waals surface area (Å²) in [6.07, 6.45) is 56.7. The summed E-state index contributed by atoms with van der Waals surface area (Å²) < 4.78 is 13.9. The molecule has 0 N–H and O–H groups in total. The topological polar surface area (TPSA) is 93.2 Å². The quantitative estimate of drug-likeness (QED) is 0.0242. The number of hydrogen-bond donors (Lipinski definition) is 0. The van der Waals surface area contributed by atoms with Crippen LogP contribution in [0, 0.1) is 11.8 Å². The number of amides is 2. The van der Waals surface area contributed by atoms with E-state index in [1.54, 1.807) is 12.1 Å². The average Bonchev–Trinajstić information content (AvgIpc) is 1.60. The van der Waals surface area contributed by atoms with E-state index >= 15 is 0 Å². The Bertz CT molecular complexity index is 2540. The van der Waals surface area contributed by atoms with E-state index in [9.17, 15) is 19.2 Å². The van der Waals surface area contributed by atoms with Gasteiger partial charge in [-0.05, 0) is 73.9 Å². The Labute approximate surface area is 550 Å². The summed E-state index contributed by atoms with van der Waals surface area (Å²) in [5.74, 6) is 0.0575. The average molecular weight is 1340 g/mol. The number of rotatable bonds is 48. The maximum Gasteiger partial charge on any atom is 0.345 e. The highest BCUT2D eigenvalue weighted by atomic mass is 79.9. The van der Waals surface area contributed by atoms with E-state index in [1.165, 1.54) is 257 Å². The molecule has 0 spiro atoms. The van der Waals surface area contributed by atoms with Gasteiger partial charge < -0.3 is 19.3 Å². The number of hydrogen-bond acceptors (Lipinski definition) is 6. The van der Waals surface area contributed by atoms with Gasteiger partial charge in [0.05, 0.1) is 33.7 Å². The van der Waals surface area contributed by atoms with E-state index < -0.39 is 11.9 Å². The van der Waals surface area contributed by atoms with Crippen molar-refractivity contribution in [1.82, 2.24) is 0 Å². The number of benzene rings is 3. The molecule has 0 aromatic heterocycles. The zero-order valence-corrected chi connectivity index (χ0v) is 58.6. The lowest BCUT2D eigenvalue weighted by Gasteiger charge is -2.21. The number of ether oxygens (including phenoxy) is 2. The minimum atomic E-state index is -0.618. The van der Waals surface area contributed by atoms with E-state index in [-0.39, 0.29) is 34.5 Å². The van der Waals surface area contributed by atoms with Crippen LogP contribution in [0.4, 0.5) is 11.4 Å². The highest BCUT2D eigenvalue weighted by Gasteiger charge is 2.45. The standard InChI is InChI=1S/C78H114Br2N2O6/c1-5-9-13-17-21-25-27-31-35-39-45-59(43-37-33-29-23-19-15-11-7-3)47-41-53-81-67-55-61(79)49-51-63(67)71(75(81)83)73-65-57-70-66(58-69(65)87-77(73)85)74(78(86)88-70)72-64-52-50-62(80)56-68(64)82(76(72)84)54-42-48-60(44-38-34-30-24-20-16-12-8-4)46-40-36-32-28-26-22-18-14-10-6-2/h49-52,55-60H,5-48,53-54H2,1-4H3. The van der Waals surface area contributed by atoms with Gasteiger partial charge in [0.2, 0.25) is 0 Å². The van der Waals surface area contributed by atoms with Crippen LogP contribution in [0.5, 0.6) is 11.5 Å². The van der Waals surface area contributed by atoms with Gasteiger partial charge in [-0.3, -0.25) is 9.59 Å². The number of esters is 2. The molecule has 4 heterocycles. The first-order valence-electron chi connectivity index (χ1n) is 36.4. The van der Waals surface area contributed by atoms with Crippen molar-refractivity contribution in [1.29, 1.82) is 0 Å². The molecule has 0 bridgehead atoms. The first-order valence-corrected chi connectivity index (χ1v) is 38.0. The van der Waals surface area contributed by atoms with Gasteiger partial charge in [0.1, 0.15) is 11.5 Å². The molecule has 4 aliphatic rings. The Balaban J connectivity index is 1.03. The highest BCUT2D eigenvalue weighted by Crippen LogP contribution is 2.52. The molecule has 88 heavy (non-hydrogen) atoms. The number of unbranched alkanes of at least 4 members (excludes halogenated alkanes) is 32. The number of fused-ring (bicyclic) bond motifs is 4. The van der Waals surface area contributed by atoms with Crippen LogP contribution in [0.3, 0.4) is 0 Å². The third-order valence-electron chi connectivity index (χ3n) is 19.7. The van der Waals surface area contributed by atoms with Crippen molar-refractivity contribution in [3.05, 3.63) is 79.7 Å². The molecule has 0 aliphatic carbocycles. The number of halogens is 2. The Kier molecular flexibility index (Phi) is 32.5. The van der Waals surface area contributed by atoms with Crippen LogP contribution in [0.25, 0.3) is 22.3 Å². The number of carbonyl (C=O) groups is 4. The zero-order chi connectivity index (χ0) is 62.3. The molecule has 2 unspecified atom stereocenters. The molecule has 486 valence electrons. The van der Waals surface area contributed by atoms with Gasteiger partial charge in [0.25, 0.3) is 11.8 Å².